The number of ether oxygens (including phenoxy) is 2. The molecule has 2 N–H and O–H groups in total. The Morgan fingerprint density at radius 2 is 1.63 bits per heavy atom. The summed E-state index contributed by atoms with van der Waals surface area (Å²) >= 11 is 0. The molecule has 0 amide bonds. The molecule has 0 unspecified atom stereocenters. The molecule has 10 heteroatoms. The van der Waals surface area contributed by atoms with Crippen LogP contribution in [0.25, 0.3) is 11.2 Å². The Balaban J connectivity index is 1.55. The highest BCUT2D eigenvalue weighted by atomic mass is 19.1. The fraction of sp³-hybridized carbons (Fsp3) is 0.242. The number of hydrogen-bond acceptors (Lipinski definition) is 7. The van der Waals surface area contributed by atoms with Crippen LogP contribution in [0.4, 0.5) is 14.6 Å². The second-order valence-corrected chi connectivity index (χ2v) is 10.6. The van der Waals surface area contributed by atoms with Crippen molar-refractivity contribution in [3.63, 3.8) is 0 Å². The fourth-order valence-electron chi connectivity index (χ4n) is 5.88. The van der Waals surface area contributed by atoms with Crippen molar-refractivity contribution >= 4 is 17.0 Å². The van der Waals surface area contributed by atoms with E-state index in [0.717, 1.165) is 16.7 Å². The average Bonchev–Trinajstić information content (AvgIpc) is 3.58. The number of benzene rings is 3. The van der Waals surface area contributed by atoms with Gasteiger partial charge in [-0.25, -0.2) is 9.37 Å². The summed E-state index contributed by atoms with van der Waals surface area (Å²) in [5, 5.41) is 13.5. The molecule has 0 saturated carbocycles. The number of aliphatic hydroxyl groups is 1. The summed E-state index contributed by atoms with van der Waals surface area (Å²) in [4.78, 5) is 12.7. The SMILES string of the molecule is C=C[C@]1(CO)O[C@@H](n2cnc3c(NC(c4ccccc4)(c4ccccc4)c4ccc(OC)cc4)nc(F)nc32)[C@@H](F)[C@@H]1C. The molecular weight excluding hydrogens is 552 g/mol. The summed E-state index contributed by atoms with van der Waals surface area (Å²) in [5.41, 5.74) is 0.418. The molecule has 5 aromatic rings. The molecule has 6 rings (SSSR count). The molecule has 43 heavy (non-hydrogen) atoms. The maximum atomic E-state index is 15.6. The molecule has 1 aliphatic heterocycles. The Morgan fingerprint density at radius 1 is 1.02 bits per heavy atom. The summed E-state index contributed by atoms with van der Waals surface area (Å²) < 4.78 is 43.7. The number of halogens is 2. The maximum absolute atomic E-state index is 15.6. The second-order valence-electron chi connectivity index (χ2n) is 10.6. The Morgan fingerprint density at radius 3 is 2.16 bits per heavy atom. The predicted molar refractivity (Wildman–Crippen MR) is 159 cm³/mol. The number of anilines is 1. The minimum atomic E-state index is -1.55. The topological polar surface area (TPSA) is 94.3 Å². The molecule has 8 nitrogen and oxygen atoms in total. The van der Waals surface area contributed by atoms with Gasteiger partial charge < -0.3 is 19.9 Å². The number of methoxy groups -OCH3 is 1. The van der Waals surface area contributed by atoms with Crippen LogP contribution in [0.15, 0.2) is 104 Å². The maximum Gasteiger partial charge on any atom is 0.312 e. The first kappa shape index (κ1) is 28.4. The lowest BCUT2D eigenvalue weighted by atomic mass is 9.77. The van der Waals surface area contributed by atoms with Gasteiger partial charge in [-0.05, 0) is 28.8 Å². The van der Waals surface area contributed by atoms with Crippen LogP contribution in [0.5, 0.6) is 5.75 Å². The van der Waals surface area contributed by atoms with Crippen molar-refractivity contribution in [2.24, 2.45) is 5.92 Å². The van der Waals surface area contributed by atoms with Gasteiger partial charge in [0.05, 0.1) is 20.0 Å². The summed E-state index contributed by atoms with van der Waals surface area (Å²) in [6, 6.07) is 27.0. The first-order chi connectivity index (χ1) is 20.9. The minimum absolute atomic E-state index is 0.0393. The lowest BCUT2D eigenvalue weighted by Gasteiger charge is -2.37. The van der Waals surface area contributed by atoms with E-state index < -0.39 is 42.1 Å². The molecule has 2 aromatic heterocycles. The van der Waals surface area contributed by atoms with E-state index in [1.807, 2.05) is 84.9 Å². The molecule has 220 valence electrons. The number of aromatic nitrogens is 4. The van der Waals surface area contributed by atoms with Crippen molar-refractivity contribution in [1.82, 2.24) is 19.5 Å². The van der Waals surface area contributed by atoms with Crippen LogP contribution in [0.1, 0.15) is 29.8 Å². The third-order valence-corrected chi connectivity index (χ3v) is 8.36. The summed E-state index contributed by atoms with van der Waals surface area (Å²) in [5.74, 6) is 0.0574. The van der Waals surface area contributed by atoms with Gasteiger partial charge in [0.25, 0.3) is 0 Å². The zero-order chi connectivity index (χ0) is 30.2. The van der Waals surface area contributed by atoms with E-state index in [1.54, 1.807) is 14.0 Å². The Labute approximate surface area is 247 Å². The van der Waals surface area contributed by atoms with Gasteiger partial charge in [-0.2, -0.15) is 14.4 Å². The smallest absolute Gasteiger partial charge is 0.312 e. The quantitative estimate of drug-likeness (QED) is 0.129. The summed E-state index contributed by atoms with van der Waals surface area (Å²) in [7, 11) is 1.60. The van der Waals surface area contributed by atoms with Gasteiger partial charge in [-0.3, -0.25) is 4.57 Å². The number of aliphatic hydroxyl groups excluding tert-OH is 1. The first-order valence-corrected chi connectivity index (χ1v) is 13.9. The summed E-state index contributed by atoms with van der Waals surface area (Å²) in [6.45, 7) is 4.90. The van der Waals surface area contributed by atoms with Crippen molar-refractivity contribution in [1.29, 1.82) is 0 Å². The molecule has 0 bridgehead atoms. The van der Waals surface area contributed by atoms with Gasteiger partial charge in [-0.15, -0.1) is 6.58 Å². The molecular formula is C33H31F2N5O3. The number of nitrogens with one attached hydrogen (secondary N) is 1. The molecule has 1 saturated heterocycles. The van der Waals surface area contributed by atoms with E-state index >= 15 is 8.78 Å². The van der Waals surface area contributed by atoms with Crippen molar-refractivity contribution in [2.75, 3.05) is 19.0 Å². The van der Waals surface area contributed by atoms with E-state index in [9.17, 15) is 5.11 Å². The largest absolute Gasteiger partial charge is 0.497 e. The number of imidazole rings is 1. The molecule has 1 fully saturated rings. The van der Waals surface area contributed by atoms with Gasteiger partial charge in [-0.1, -0.05) is 85.8 Å². The molecule has 3 heterocycles. The molecule has 1 aliphatic rings. The number of nitrogens with zero attached hydrogens (tertiary/aromatic N) is 4. The highest BCUT2D eigenvalue weighted by Crippen LogP contribution is 2.46. The first-order valence-electron chi connectivity index (χ1n) is 13.9. The minimum Gasteiger partial charge on any atom is -0.497 e. The van der Waals surface area contributed by atoms with Crippen LogP contribution in [0.2, 0.25) is 0 Å². The number of fused-ring (bicyclic) bond motifs is 1. The standard InChI is InChI=1S/C33H31F2N5O3/c1-4-32(19-41)21(2)26(34)30(43-32)40-20-36-27-28(37-31(35)38-29(27)40)39-33(22-11-7-5-8-12-22,23-13-9-6-10-14-23)24-15-17-25(42-3)18-16-24/h4-18,20-21,26,30,41H,1,19H2,2-3H3,(H,37,38,39)/t21-,26-,30+,32+/m0/s1. The van der Waals surface area contributed by atoms with Gasteiger partial charge in [0, 0.05) is 5.92 Å². The highest BCUT2D eigenvalue weighted by molar-refractivity contribution is 5.84. The van der Waals surface area contributed by atoms with Crippen LogP contribution in [-0.4, -0.2) is 50.1 Å². The van der Waals surface area contributed by atoms with E-state index in [4.69, 9.17) is 9.47 Å². The second kappa shape index (κ2) is 11.2. The van der Waals surface area contributed by atoms with Crippen LogP contribution in [-0.2, 0) is 10.3 Å². The monoisotopic (exact) mass is 583 g/mol. The van der Waals surface area contributed by atoms with Crippen LogP contribution >= 0.6 is 0 Å². The van der Waals surface area contributed by atoms with Gasteiger partial charge in [0.2, 0.25) is 0 Å². The predicted octanol–water partition coefficient (Wildman–Crippen LogP) is 5.80. The highest BCUT2D eigenvalue weighted by Gasteiger charge is 2.52. The van der Waals surface area contributed by atoms with Crippen molar-refractivity contribution in [3.05, 3.63) is 127 Å². The lowest BCUT2D eigenvalue weighted by Crippen LogP contribution is -2.38. The van der Waals surface area contributed by atoms with Crippen LogP contribution in [0, 0.1) is 12.0 Å². The van der Waals surface area contributed by atoms with Crippen molar-refractivity contribution in [3.8, 4) is 5.75 Å². The normalized spacial score (nSPS) is 22.0. The van der Waals surface area contributed by atoms with Gasteiger partial charge in [0.1, 0.15) is 16.9 Å². The zero-order valence-electron chi connectivity index (χ0n) is 23.7. The van der Waals surface area contributed by atoms with Crippen LogP contribution < -0.4 is 10.1 Å². The molecule has 0 radical (unpaired) electrons. The third kappa shape index (κ3) is 4.63. The average molecular weight is 584 g/mol. The van der Waals surface area contributed by atoms with Gasteiger partial charge in [0.15, 0.2) is 29.4 Å². The zero-order valence-corrected chi connectivity index (χ0v) is 23.7. The Hall–Kier alpha value is -4.67. The van der Waals surface area contributed by atoms with Gasteiger partial charge >= 0.3 is 6.08 Å². The van der Waals surface area contributed by atoms with E-state index in [-0.39, 0.29) is 17.0 Å². The molecule has 4 atom stereocenters. The van der Waals surface area contributed by atoms with E-state index in [0.29, 0.717) is 5.75 Å². The number of hydrogen-bond donors (Lipinski definition) is 2. The fourth-order valence-corrected chi connectivity index (χ4v) is 5.88. The van der Waals surface area contributed by atoms with E-state index in [2.05, 4.69) is 26.8 Å². The van der Waals surface area contributed by atoms with Crippen LogP contribution in [0.3, 0.4) is 0 Å². The lowest BCUT2D eigenvalue weighted by molar-refractivity contribution is -0.0824. The number of rotatable bonds is 9. The number of alkyl halides is 1. The summed E-state index contributed by atoms with van der Waals surface area (Å²) in [6.07, 6.45) is -1.05. The molecule has 0 aliphatic carbocycles. The third-order valence-electron chi connectivity index (χ3n) is 8.36. The Kier molecular flexibility index (Phi) is 7.41. The van der Waals surface area contributed by atoms with Crippen molar-refractivity contribution < 1.29 is 23.4 Å². The molecule has 0 spiro atoms. The van der Waals surface area contributed by atoms with Crippen molar-refractivity contribution in [2.45, 2.75) is 30.5 Å². The molecule has 3 aromatic carbocycles. The Bertz CT molecular complexity index is 1690. The van der Waals surface area contributed by atoms with E-state index in [1.165, 1.54) is 17.0 Å².